The van der Waals surface area contributed by atoms with Crippen molar-refractivity contribution in [2.75, 3.05) is 0 Å². The van der Waals surface area contributed by atoms with Crippen molar-refractivity contribution < 1.29 is 4.89 Å². The lowest BCUT2D eigenvalue weighted by atomic mass is 12.0. The van der Waals surface area contributed by atoms with Gasteiger partial charge in [0, 0.05) is 0 Å². The smallest absolute Gasteiger partial charge is 0.170 e. The second-order valence-corrected chi connectivity index (χ2v) is 1.36. The maximum Gasteiger partial charge on any atom is 0.441 e. The molecular formula is CH3NO2P+. The van der Waals surface area contributed by atoms with E-state index in [9.17, 15) is 0 Å². The van der Waals surface area contributed by atoms with E-state index in [0.717, 1.165) is 0 Å². The molecule has 0 aromatic rings. The van der Waals surface area contributed by atoms with Crippen LogP contribution in [0.5, 0.6) is 0 Å². The predicted octanol–water partition coefficient (Wildman–Crippen LogP) is 0.489. The van der Waals surface area contributed by atoms with Crippen LogP contribution in [0.3, 0.4) is 0 Å². The molecule has 0 spiro atoms. The third-order valence-corrected chi connectivity index (χ3v) is 0.283. The van der Waals surface area contributed by atoms with Gasteiger partial charge in [0.1, 0.15) is 6.30 Å². The summed E-state index contributed by atoms with van der Waals surface area (Å²) in [4.78, 5) is 19.0. The van der Waals surface area contributed by atoms with Gasteiger partial charge in [-0.1, -0.05) is 4.91 Å². The second kappa shape index (κ2) is 2.00. The SMILES string of the molecule is C=[P+](O)N=O. The van der Waals surface area contributed by atoms with Crippen molar-refractivity contribution in [1.29, 1.82) is 0 Å². The summed E-state index contributed by atoms with van der Waals surface area (Å²) in [6.07, 6.45) is 2.90. The summed E-state index contributed by atoms with van der Waals surface area (Å²) >= 11 is 0. The number of rotatable bonds is 1. The van der Waals surface area contributed by atoms with Crippen LogP contribution in [0, 0.1) is 4.91 Å². The van der Waals surface area contributed by atoms with Crippen LogP contribution >= 0.6 is 7.92 Å². The lowest BCUT2D eigenvalue weighted by molar-refractivity contribution is 0.643. The summed E-state index contributed by atoms with van der Waals surface area (Å²) in [5.74, 6) is 0. The molecular weight excluding hydrogens is 89.0 g/mol. The molecule has 0 radical (unpaired) electrons. The van der Waals surface area contributed by atoms with Gasteiger partial charge in [-0.25, -0.2) is 0 Å². The fraction of sp³-hybridized carbons (Fsp3) is 0. The molecule has 0 aromatic carbocycles. The first kappa shape index (κ1) is 4.73. The van der Waals surface area contributed by atoms with Crippen LogP contribution in [0.2, 0.25) is 0 Å². The first-order valence-electron chi connectivity index (χ1n) is 0.899. The quantitative estimate of drug-likeness (QED) is 0.378. The van der Waals surface area contributed by atoms with E-state index in [0.29, 0.717) is 0 Å². The van der Waals surface area contributed by atoms with E-state index in [1.54, 1.807) is 0 Å². The van der Waals surface area contributed by atoms with Crippen LogP contribution in [0.15, 0.2) is 4.95 Å². The molecule has 0 aliphatic carbocycles. The van der Waals surface area contributed by atoms with Crippen molar-refractivity contribution in [2.24, 2.45) is 4.95 Å². The van der Waals surface area contributed by atoms with Gasteiger partial charge in [-0.2, -0.15) is 4.89 Å². The predicted molar refractivity (Wildman–Crippen MR) is 22.1 cm³/mol. The van der Waals surface area contributed by atoms with Crippen LogP contribution in [0.4, 0.5) is 0 Å². The van der Waals surface area contributed by atoms with E-state index >= 15 is 0 Å². The first-order valence-corrected chi connectivity index (χ1v) is 2.33. The highest BCUT2D eigenvalue weighted by atomic mass is 31.1. The maximum atomic E-state index is 8.97. The number of hydrogen-bond acceptors (Lipinski definition) is 3. The van der Waals surface area contributed by atoms with Gasteiger partial charge in [0.25, 0.3) is 0 Å². The van der Waals surface area contributed by atoms with E-state index in [1.165, 1.54) is 0 Å². The number of nitroso groups, excluding NO2 is 1. The third-order valence-electron chi connectivity index (χ3n) is 0.0942. The molecule has 4 heteroatoms. The molecule has 1 N–H and O–H groups in total. The molecule has 0 saturated carbocycles. The molecule has 5 heavy (non-hydrogen) atoms. The van der Waals surface area contributed by atoms with Crippen molar-refractivity contribution in [2.45, 2.75) is 0 Å². The van der Waals surface area contributed by atoms with Crippen molar-refractivity contribution in [3.63, 3.8) is 0 Å². The Morgan fingerprint density at radius 1 is 2.00 bits per heavy atom. The minimum atomic E-state index is -1.78. The zero-order valence-corrected chi connectivity index (χ0v) is 3.35. The zero-order valence-electron chi connectivity index (χ0n) is 2.46. The fourth-order valence-electron chi connectivity index (χ4n) is 0. The molecule has 1 atom stereocenters. The molecule has 0 aromatic heterocycles. The van der Waals surface area contributed by atoms with Crippen LogP contribution in [-0.2, 0) is 0 Å². The Bertz CT molecular complexity index is 60.7. The summed E-state index contributed by atoms with van der Waals surface area (Å²) in [5, 5.41) is 0. The summed E-state index contributed by atoms with van der Waals surface area (Å²) in [5.41, 5.74) is 0. The van der Waals surface area contributed by atoms with E-state index in [2.05, 4.69) is 11.2 Å². The maximum absolute atomic E-state index is 8.97. The fourth-order valence-corrected chi connectivity index (χ4v) is 0. The molecule has 0 fully saturated rings. The van der Waals surface area contributed by atoms with Crippen LogP contribution in [-0.4, -0.2) is 11.2 Å². The van der Waals surface area contributed by atoms with E-state index in [1.807, 2.05) is 0 Å². The minimum Gasteiger partial charge on any atom is -0.170 e. The Hall–Kier alpha value is -0.270. The van der Waals surface area contributed by atoms with Gasteiger partial charge in [0.2, 0.25) is 0 Å². The highest BCUT2D eigenvalue weighted by Gasteiger charge is 1.90. The Balaban J connectivity index is 3.20. The normalized spacial score (nSPS) is 10.2. The molecule has 28 valence electrons. The number of nitrogens with zero attached hydrogens (tertiary/aromatic N) is 1. The minimum absolute atomic E-state index is 1.78. The van der Waals surface area contributed by atoms with Gasteiger partial charge >= 0.3 is 7.92 Å². The molecule has 3 nitrogen and oxygen atoms in total. The lowest BCUT2D eigenvalue weighted by Gasteiger charge is -1.45. The molecule has 0 aliphatic heterocycles. The van der Waals surface area contributed by atoms with Gasteiger partial charge in [0.05, 0.1) is 0 Å². The Labute approximate surface area is 30.1 Å². The van der Waals surface area contributed by atoms with Crippen LogP contribution in [0.1, 0.15) is 0 Å². The Morgan fingerprint density at radius 2 is 2.20 bits per heavy atom. The molecule has 0 bridgehead atoms. The monoisotopic (exact) mass is 92.0 g/mol. The Morgan fingerprint density at radius 3 is 2.20 bits per heavy atom. The van der Waals surface area contributed by atoms with E-state index in [4.69, 9.17) is 9.80 Å². The van der Waals surface area contributed by atoms with Crippen molar-refractivity contribution in [1.82, 2.24) is 0 Å². The second-order valence-electron chi connectivity index (χ2n) is 0.454. The molecule has 0 rings (SSSR count). The summed E-state index contributed by atoms with van der Waals surface area (Å²) < 4.78 is 0. The standard InChI is InChI=1S/CH3NO2P/c1-5(4)2-3/h4H,1H2/q+1. The highest BCUT2D eigenvalue weighted by molar-refractivity contribution is 7.48. The summed E-state index contributed by atoms with van der Waals surface area (Å²) in [6.45, 7) is 0. The summed E-state index contributed by atoms with van der Waals surface area (Å²) in [6, 6.07) is 0. The molecule has 0 saturated heterocycles. The Kier molecular flexibility index (Phi) is 1.89. The van der Waals surface area contributed by atoms with Crippen molar-refractivity contribution in [3.05, 3.63) is 4.91 Å². The van der Waals surface area contributed by atoms with Crippen LogP contribution in [0.25, 0.3) is 0 Å². The summed E-state index contributed by atoms with van der Waals surface area (Å²) in [7, 11) is -1.78. The van der Waals surface area contributed by atoms with E-state index < -0.39 is 7.92 Å². The van der Waals surface area contributed by atoms with Gasteiger partial charge in [-0.15, -0.1) is 0 Å². The van der Waals surface area contributed by atoms with Gasteiger partial charge < -0.3 is 0 Å². The zero-order chi connectivity index (χ0) is 4.28. The van der Waals surface area contributed by atoms with Crippen molar-refractivity contribution >= 4 is 14.2 Å². The van der Waals surface area contributed by atoms with E-state index in [-0.39, 0.29) is 0 Å². The molecule has 0 amide bonds. The topological polar surface area (TPSA) is 49.7 Å². The largest absolute Gasteiger partial charge is 0.441 e. The molecule has 0 heterocycles. The molecule has 1 unspecified atom stereocenters. The third kappa shape index (κ3) is 3.73. The van der Waals surface area contributed by atoms with Crippen molar-refractivity contribution in [3.8, 4) is 0 Å². The average Bonchev–Trinajstić information content (AvgIpc) is 1.38. The highest BCUT2D eigenvalue weighted by Crippen LogP contribution is 2.09. The van der Waals surface area contributed by atoms with Gasteiger partial charge in [-0.3, -0.25) is 0 Å². The number of hydrogen-bond donors (Lipinski definition) is 1. The lowest BCUT2D eigenvalue weighted by Crippen LogP contribution is -1.36. The van der Waals surface area contributed by atoms with Crippen LogP contribution < -0.4 is 0 Å². The molecule has 0 aliphatic rings. The van der Waals surface area contributed by atoms with Gasteiger partial charge in [0.15, 0.2) is 4.95 Å². The average molecular weight is 92.0 g/mol. The first-order chi connectivity index (χ1) is 2.27. The van der Waals surface area contributed by atoms with Gasteiger partial charge in [-0.05, 0) is 0 Å².